The summed E-state index contributed by atoms with van der Waals surface area (Å²) in [5, 5.41) is 16.5. The Morgan fingerprint density at radius 1 is 0.750 bits per heavy atom. The number of nitrogens with one attached hydrogen (secondary N) is 1. The molecular weight excluding hydrogens is 370 g/mol. The van der Waals surface area contributed by atoms with Gasteiger partial charge in [-0.1, -0.05) is 72.3 Å². The van der Waals surface area contributed by atoms with E-state index >= 15 is 0 Å². The molecule has 0 saturated heterocycles. The number of phenols is 1. The van der Waals surface area contributed by atoms with Crippen LogP contribution in [-0.4, -0.2) is 5.11 Å². The first-order chi connectivity index (χ1) is 13.7. The first-order valence-corrected chi connectivity index (χ1v) is 9.50. The fourth-order valence-electron chi connectivity index (χ4n) is 3.22. The average molecular weight is 390 g/mol. The highest BCUT2D eigenvalue weighted by atomic mass is 35.5. The number of phenolic OH excluding ortho intramolecular Hbond substituents is 1. The summed E-state index contributed by atoms with van der Waals surface area (Å²) in [6.07, 6.45) is 0. The van der Waals surface area contributed by atoms with Gasteiger partial charge in [0.15, 0.2) is 11.5 Å². The van der Waals surface area contributed by atoms with Crippen LogP contribution in [-0.2, 0) is 13.1 Å². The first-order valence-electron chi connectivity index (χ1n) is 9.12. The Kier molecular flexibility index (Phi) is 5.47. The number of halogens is 1. The Hall–Kier alpha value is -3.01. The van der Waals surface area contributed by atoms with Crippen molar-refractivity contribution >= 4 is 22.4 Å². The minimum Gasteiger partial charge on any atom is -0.504 e. The molecule has 28 heavy (non-hydrogen) atoms. The van der Waals surface area contributed by atoms with Crippen LogP contribution in [0.4, 0.5) is 0 Å². The molecule has 0 spiro atoms. The summed E-state index contributed by atoms with van der Waals surface area (Å²) in [6, 6.07) is 27.4. The average Bonchev–Trinajstić information content (AvgIpc) is 2.71. The fourth-order valence-corrected chi connectivity index (χ4v) is 3.39. The molecule has 0 bridgehead atoms. The van der Waals surface area contributed by atoms with Crippen molar-refractivity contribution in [2.24, 2.45) is 0 Å². The highest BCUT2D eigenvalue weighted by molar-refractivity contribution is 6.30. The molecule has 140 valence electrons. The highest BCUT2D eigenvalue weighted by Gasteiger charge is 2.09. The summed E-state index contributed by atoms with van der Waals surface area (Å²) < 4.78 is 5.92. The Morgan fingerprint density at radius 3 is 2.36 bits per heavy atom. The maximum atomic E-state index is 10.0. The Morgan fingerprint density at radius 2 is 1.46 bits per heavy atom. The lowest BCUT2D eigenvalue weighted by Gasteiger charge is -2.13. The van der Waals surface area contributed by atoms with Crippen LogP contribution in [0.25, 0.3) is 10.8 Å². The van der Waals surface area contributed by atoms with Gasteiger partial charge in [0, 0.05) is 29.7 Å². The van der Waals surface area contributed by atoms with Crippen molar-refractivity contribution in [2.45, 2.75) is 13.1 Å². The van der Waals surface area contributed by atoms with E-state index in [9.17, 15) is 5.11 Å². The summed E-state index contributed by atoms with van der Waals surface area (Å²) in [4.78, 5) is 0. The van der Waals surface area contributed by atoms with Crippen molar-refractivity contribution in [3.8, 4) is 17.2 Å². The normalized spacial score (nSPS) is 10.9. The van der Waals surface area contributed by atoms with E-state index in [-0.39, 0.29) is 5.75 Å². The van der Waals surface area contributed by atoms with Gasteiger partial charge in [0.05, 0.1) is 0 Å². The molecule has 4 aromatic carbocycles. The third-order valence-electron chi connectivity index (χ3n) is 4.62. The molecule has 0 aliphatic rings. The van der Waals surface area contributed by atoms with E-state index in [0.29, 0.717) is 23.1 Å². The molecule has 4 rings (SSSR count). The van der Waals surface area contributed by atoms with Crippen molar-refractivity contribution in [1.82, 2.24) is 5.32 Å². The molecule has 2 N–H and O–H groups in total. The van der Waals surface area contributed by atoms with Gasteiger partial charge in [-0.05, 0) is 34.5 Å². The SMILES string of the molecule is Oc1cc(Cl)ccc1Oc1ccccc1CNCc1cccc2ccccc12. The number of para-hydroxylation sites is 1. The van der Waals surface area contributed by atoms with Gasteiger partial charge in [0.1, 0.15) is 5.75 Å². The van der Waals surface area contributed by atoms with Crippen LogP contribution in [0.5, 0.6) is 17.2 Å². The molecule has 0 radical (unpaired) electrons. The third kappa shape index (κ3) is 4.11. The second-order valence-corrected chi connectivity index (χ2v) is 7.00. The van der Waals surface area contributed by atoms with Crippen LogP contribution < -0.4 is 10.1 Å². The zero-order valence-electron chi connectivity index (χ0n) is 15.2. The topological polar surface area (TPSA) is 41.5 Å². The van der Waals surface area contributed by atoms with Crippen molar-refractivity contribution in [2.75, 3.05) is 0 Å². The number of ether oxygens (including phenoxy) is 1. The molecule has 0 atom stereocenters. The Bertz CT molecular complexity index is 1110. The number of hydrogen-bond donors (Lipinski definition) is 2. The predicted octanol–water partition coefficient (Wildman–Crippen LogP) is 6.28. The van der Waals surface area contributed by atoms with Crippen molar-refractivity contribution in [3.63, 3.8) is 0 Å². The maximum Gasteiger partial charge on any atom is 0.169 e. The molecule has 4 aromatic rings. The van der Waals surface area contributed by atoms with Gasteiger partial charge in [-0.3, -0.25) is 0 Å². The molecule has 0 aliphatic heterocycles. The molecule has 0 fully saturated rings. The molecule has 0 unspecified atom stereocenters. The lowest BCUT2D eigenvalue weighted by atomic mass is 10.0. The summed E-state index contributed by atoms with van der Waals surface area (Å²) in [6.45, 7) is 1.40. The fraction of sp³-hybridized carbons (Fsp3) is 0.0833. The maximum absolute atomic E-state index is 10.0. The van der Waals surface area contributed by atoms with Gasteiger partial charge < -0.3 is 15.2 Å². The van der Waals surface area contributed by atoms with Gasteiger partial charge >= 0.3 is 0 Å². The van der Waals surface area contributed by atoms with Crippen molar-refractivity contribution < 1.29 is 9.84 Å². The van der Waals surface area contributed by atoms with Crippen LogP contribution in [0.2, 0.25) is 5.02 Å². The van der Waals surface area contributed by atoms with Crippen molar-refractivity contribution in [3.05, 3.63) is 101 Å². The van der Waals surface area contributed by atoms with E-state index in [1.54, 1.807) is 12.1 Å². The highest BCUT2D eigenvalue weighted by Crippen LogP contribution is 2.34. The molecule has 0 amide bonds. The quantitative estimate of drug-likeness (QED) is 0.407. The monoisotopic (exact) mass is 389 g/mol. The summed E-state index contributed by atoms with van der Waals surface area (Å²) in [7, 11) is 0. The molecule has 4 heteroatoms. The zero-order valence-corrected chi connectivity index (χ0v) is 16.0. The molecular formula is C24H20ClNO2. The van der Waals surface area contributed by atoms with Crippen LogP contribution in [0.1, 0.15) is 11.1 Å². The van der Waals surface area contributed by atoms with Gasteiger partial charge in [-0.25, -0.2) is 0 Å². The standard InChI is InChI=1S/C24H20ClNO2/c25-20-12-13-24(22(27)14-20)28-23-11-4-2-7-19(23)16-26-15-18-9-5-8-17-6-1-3-10-21(17)18/h1-14,26-27H,15-16H2. The minimum atomic E-state index is 0.0195. The van der Waals surface area contributed by atoms with E-state index in [4.69, 9.17) is 16.3 Å². The molecule has 0 aliphatic carbocycles. The Balaban J connectivity index is 1.48. The Labute approximate surface area is 169 Å². The number of aromatic hydroxyl groups is 1. The zero-order chi connectivity index (χ0) is 19.3. The van der Waals surface area contributed by atoms with Crippen LogP contribution in [0, 0.1) is 0 Å². The lowest BCUT2D eigenvalue weighted by Crippen LogP contribution is -2.13. The van der Waals surface area contributed by atoms with E-state index in [1.165, 1.54) is 22.4 Å². The number of hydrogen-bond acceptors (Lipinski definition) is 3. The number of benzene rings is 4. The van der Waals surface area contributed by atoms with Gasteiger partial charge in [-0.2, -0.15) is 0 Å². The van der Waals surface area contributed by atoms with E-state index < -0.39 is 0 Å². The van der Waals surface area contributed by atoms with Gasteiger partial charge in [0.25, 0.3) is 0 Å². The minimum absolute atomic E-state index is 0.0195. The third-order valence-corrected chi connectivity index (χ3v) is 4.86. The smallest absolute Gasteiger partial charge is 0.169 e. The van der Waals surface area contributed by atoms with Crippen LogP contribution in [0.15, 0.2) is 84.9 Å². The molecule has 3 nitrogen and oxygen atoms in total. The second kappa shape index (κ2) is 8.34. The number of fused-ring (bicyclic) bond motifs is 1. The van der Waals surface area contributed by atoms with Crippen LogP contribution >= 0.6 is 11.6 Å². The molecule has 0 aromatic heterocycles. The summed E-state index contributed by atoms with van der Waals surface area (Å²) in [5.74, 6) is 1.10. The van der Waals surface area contributed by atoms with Crippen LogP contribution in [0.3, 0.4) is 0 Å². The van der Waals surface area contributed by atoms with E-state index in [1.807, 2.05) is 24.3 Å². The number of rotatable bonds is 6. The lowest BCUT2D eigenvalue weighted by molar-refractivity contribution is 0.408. The largest absolute Gasteiger partial charge is 0.504 e. The van der Waals surface area contributed by atoms with Crippen molar-refractivity contribution in [1.29, 1.82) is 0 Å². The second-order valence-electron chi connectivity index (χ2n) is 6.56. The molecule has 0 saturated carbocycles. The first kappa shape index (κ1) is 18.4. The summed E-state index contributed by atoms with van der Waals surface area (Å²) >= 11 is 5.89. The van der Waals surface area contributed by atoms with E-state index in [2.05, 4.69) is 47.8 Å². The summed E-state index contributed by atoms with van der Waals surface area (Å²) in [5.41, 5.74) is 2.27. The predicted molar refractivity (Wildman–Crippen MR) is 114 cm³/mol. The molecule has 0 heterocycles. The van der Waals surface area contributed by atoms with E-state index in [0.717, 1.165) is 12.1 Å². The van der Waals surface area contributed by atoms with Gasteiger partial charge in [-0.15, -0.1) is 0 Å². The van der Waals surface area contributed by atoms with Gasteiger partial charge in [0.2, 0.25) is 0 Å².